The van der Waals surface area contributed by atoms with Gasteiger partial charge >= 0.3 is 0 Å². The third-order valence-corrected chi connectivity index (χ3v) is 3.08. The molecule has 0 saturated carbocycles. The highest BCUT2D eigenvalue weighted by Crippen LogP contribution is 2.22. The summed E-state index contributed by atoms with van der Waals surface area (Å²) in [6.45, 7) is 4.14. The summed E-state index contributed by atoms with van der Waals surface area (Å²) in [4.78, 5) is 4.46. The molecule has 0 atom stereocenters. The molecule has 3 nitrogen and oxygen atoms in total. The molecule has 0 radical (unpaired) electrons. The van der Waals surface area contributed by atoms with E-state index in [0.717, 1.165) is 29.0 Å². The fourth-order valence-corrected chi connectivity index (χ4v) is 2.19. The molecule has 3 aromatic rings. The van der Waals surface area contributed by atoms with Crippen LogP contribution in [0.15, 0.2) is 42.6 Å². The summed E-state index contributed by atoms with van der Waals surface area (Å²) in [6, 6.07) is 12.4. The summed E-state index contributed by atoms with van der Waals surface area (Å²) in [5.41, 5.74) is 5.35. The van der Waals surface area contributed by atoms with Gasteiger partial charge < -0.3 is 0 Å². The van der Waals surface area contributed by atoms with Gasteiger partial charge in [-0.25, -0.2) is 9.50 Å². The fraction of sp³-hybridized carbons (Fsp3) is 0.200. The molecule has 18 heavy (non-hydrogen) atoms. The second kappa shape index (κ2) is 4.26. The summed E-state index contributed by atoms with van der Waals surface area (Å²) in [7, 11) is 0. The third-order valence-electron chi connectivity index (χ3n) is 3.08. The van der Waals surface area contributed by atoms with E-state index in [1.165, 1.54) is 5.56 Å². The number of nitrogens with zero attached hydrogens (tertiary/aromatic N) is 3. The van der Waals surface area contributed by atoms with Crippen molar-refractivity contribution in [3.8, 4) is 11.3 Å². The Morgan fingerprint density at radius 3 is 2.67 bits per heavy atom. The molecule has 0 aliphatic carbocycles. The van der Waals surface area contributed by atoms with Crippen LogP contribution in [0.4, 0.5) is 0 Å². The van der Waals surface area contributed by atoms with Crippen molar-refractivity contribution in [1.82, 2.24) is 14.6 Å². The zero-order chi connectivity index (χ0) is 12.5. The molecule has 0 fully saturated rings. The summed E-state index contributed by atoms with van der Waals surface area (Å²) < 4.78 is 1.86. The molecule has 0 aliphatic heterocycles. The minimum atomic E-state index is 0.920. The van der Waals surface area contributed by atoms with E-state index >= 15 is 0 Å². The van der Waals surface area contributed by atoms with Crippen LogP contribution in [0.25, 0.3) is 16.9 Å². The molecule has 0 aliphatic rings. The van der Waals surface area contributed by atoms with E-state index in [4.69, 9.17) is 5.10 Å². The van der Waals surface area contributed by atoms with Gasteiger partial charge in [0, 0.05) is 5.56 Å². The van der Waals surface area contributed by atoms with Crippen molar-refractivity contribution in [3.63, 3.8) is 0 Å². The Hall–Kier alpha value is -2.16. The minimum absolute atomic E-state index is 0.920. The first-order chi connectivity index (χ1) is 8.78. The highest BCUT2D eigenvalue weighted by Gasteiger charge is 2.09. The van der Waals surface area contributed by atoms with E-state index in [-0.39, 0.29) is 0 Å². The molecule has 0 bridgehead atoms. The molecular weight excluding hydrogens is 222 g/mol. The maximum atomic E-state index is 4.69. The van der Waals surface area contributed by atoms with Gasteiger partial charge in [0.2, 0.25) is 0 Å². The number of benzene rings is 1. The number of rotatable bonds is 2. The number of imidazole rings is 1. The number of hydrogen-bond donors (Lipinski definition) is 0. The smallest absolute Gasteiger partial charge is 0.154 e. The Balaban J connectivity index is 2.27. The fourth-order valence-electron chi connectivity index (χ4n) is 2.19. The van der Waals surface area contributed by atoms with Gasteiger partial charge in [-0.15, -0.1) is 0 Å². The molecule has 0 unspecified atom stereocenters. The normalized spacial score (nSPS) is 11.0. The van der Waals surface area contributed by atoms with Gasteiger partial charge in [0.1, 0.15) is 0 Å². The lowest BCUT2D eigenvalue weighted by atomic mass is 10.1. The van der Waals surface area contributed by atoms with Crippen LogP contribution in [0.1, 0.15) is 18.2 Å². The van der Waals surface area contributed by atoms with Gasteiger partial charge in [-0.3, -0.25) is 0 Å². The molecule has 1 aromatic carbocycles. The van der Waals surface area contributed by atoms with Crippen LogP contribution in [-0.2, 0) is 6.42 Å². The SMILES string of the molecule is CCc1cc2nc(C)cn2nc1-c1ccccc1. The Labute approximate surface area is 106 Å². The second-order valence-electron chi connectivity index (χ2n) is 4.42. The summed E-state index contributed by atoms with van der Waals surface area (Å²) in [5.74, 6) is 0. The maximum absolute atomic E-state index is 4.69. The van der Waals surface area contributed by atoms with Crippen LogP contribution in [0.5, 0.6) is 0 Å². The monoisotopic (exact) mass is 237 g/mol. The number of aryl methyl sites for hydroxylation is 2. The van der Waals surface area contributed by atoms with Gasteiger partial charge in [0.05, 0.1) is 17.6 Å². The number of fused-ring (bicyclic) bond motifs is 1. The zero-order valence-corrected chi connectivity index (χ0v) is 10.6. The van der Waals surface area contributed by atoms with Crippen molar-refractivity contribution in [2.45, 2.75) is 20.3 Å². The zero-order valence-electron chi connectivity index (χ0n) is 10.6. The summed E-state index contributed by atoms with van der Waals surface area (Å²) in [5, 5.41) is 4.69. The molecule has 2 heterocycles. The Morgan fingerprint density at radius 1 is 1.17 bits per heavy atom. The Bertz CT molecular complexity index is 684. The van der Waals surface area contributed by atoms with Crippen molar-refractivity contribution in [2.75, 3.05) is 0 Å². The van der Waals surface area contributed by atoms with Gasteiger partial charge in [-0.2, -0.15) is 5.10 Å². The van der Waals surface area contributed by atoms with Crippen molar-refractivity contribution in [1.29, 1.82) is 0 Å². The van der Waals surface area contributed by atoms with Crippen LogP contribution >= 0.6 is 0 Å². The summed E-state index contributed by atoms with van der Waals surface area (Å²) in [6.07, 6.45) is 2.92. The van der Waals surface area contributed by atoms with E-state index in [0.29, 0.717) is 0 Å². The lowest BCUT2D eigenvalue weighted by Gasteiger charge is -2.07. The van der Waals surface area contributed by atoms with Crippen LogP contribution < -0.4 is 0 Å². The second-order valence-corrected chi connectivity index (χ2v) is 4.42. The Morgan fingerprint density at radius 2 is 1.94 bits per heavy atom. The van der Waals surface area contributed by atoms with Gasteiger partial charge in [0.15, 0.2) is 5.65 Å². The maximum Gasteiger partial charge on any atom is 0.154 e. The van der Waals surface area contributed by atoms with Crippen LogP contribution in [0, 0.1) is 6.92 Å². The topological polar surface area (TPSA) is 30.2 Å². The lowest BCUT2D eigenvalue weighted by molar-refractivity contribution is 0.919. The van der Waals surface area contributed by atoms with E-state index in [2.05, 4.69) is 30.1 Å². The molecule has 3 rings (SSSR count). The van der Waals surface area contributed by atoms with Crippen LogP contribution in [-0.4, -0.2) is 14.6 Å². The van der Waals surface area contributed by atoms with E-state index in [1.54, 1.807) is 0 Å². The third kappa shape index (κ3) is 1.78. The first-order valence-electron chi connectivity index (χ1n) is 6.19. The Kier molecular flexibility index (Phi) is 2.59. The number of aromatic nitrogens is 3. The van der Waals surface area contributed by atoms with Gasteiger partial charge in [-0.05, 0) is 25.0 Å². The number of hydrogen-bond acceptors (Lipinski definition) is 2. The lowest BCUT2D eigenvalue weighted by Crippen LogP contribution is -1.98. The largest absolute Gasteiger partial charge is 0.232 e. The standard InChI is InChI=1S/C15H15N3/c1-3-12-9-14-16-11(2)10-18(14)17-15(12)13-7-5-4-6-8-13/h4-10H,3H2,1-2H3. The molecular formula is C15H15N3. The van der Waals surface area contributed by atoms with E-state index in [1.807, 2.05) is 35.8 Å². The molecule has 0 saturated heterocycles. The molecule has 3 heteroatoms. The van der Waals surface area contributed by atoms with Crippen LogP contribution in [0.3, 0.4) is 0 Å². The highest BCUT2D eigenvalue weighted by molar-refractivity contribution is 5.64. The van der Waals surface area contributed by atoms with E-state index in [9.17, 15) is 0 Å². The van der Waals surface area contributed by atoms with Gasteiger partial charge in [-0.1, -0.05) is 37.3 Å². The van der Waals surface area contributed by atoms with Crippen molar-refractivity contribution in [2.24, 2.45) is 0 Å². The molecule has 90 valence electrons. The first-order valence-corrected chi connectivity index (χ1v) is 6.19. The predicted molar refractivity (Wildman–Crippen MR) is 72.5 cm³/mol. The quantitative estimate of drug-likeness (QED) is 0.684. The summed E-state index contributed by atoms with van der Waals surface area (Å²) >= 11 is 0. The average molecular weight is 237 g/mol. The van der Waals surface area contributed by atoms with E-state index < -0.39 is 0 Å². The molecule has 2 aromatic heterocycles. The molecule has 0 spiro atoms. The van der Waals surface area contributed by atoms with Gasteiger partial charge in [0.25, 0.3) is 0 Å². The molecule has 0 amide bonds. The van der Waals surface area contributed by atoms with Crippen molar-refractivity contribution < 1.29 is 0 Å². The highest BCUT2D eigenvalue weighted by atomic mass is 15.2. The van der Waals surface area contributed by atoms with Crippen molar-refractivity contribution >= 4 is 5.65 Å². The predicted octanol–water partition coefficient (Wildman–Crippen LogP) is 3.27. The van der Waals surface area contributed by atoms with Crippen molar-refractivity contribution in [3.05, 3.63) is 53.9 Å². The minimum Gasteiger partial charge on any atom is -0.232 e. The average Bonchev–Trinajstić information content (AvgIpc) is 2.77. The first kappa shape index (κ1) is 11.0. The van der Waals surface area contributed by atoms with Crippen LogP contribution in [0.2, 0.25) is 0 Å². The molecule has 0 N–H and O–H groups in total.